The summed E-state index contributed by atoms with van der Waals surface area (Å²) < 4.78 is 5.46. The lowest BCUT2D eigenvalue weighted by atomic mass is 9.94. The summed E-state index contributed by atoms with van der Waals surface area (Å²) in [6, 6.07) is 0.260. The van der Waals surface area contributed by atoms with E-state index in [1.165, 1.54) is 17.9 Å². The molecule has 3 rings (SSSR count). The van der Waals surface area contributed by atoms with E-state index in [0.29, 0.717) is 5.25 Å². The number of piperidine rings is 1. The van der Waals surface area contributed by atoms with Crippen LogP contribution in [0.5, 0.6) is 0 Å². The molecule has 2 saturated heterocycles. The maximum absolute atomic E-state index is 5.46. The fraction of sp³-hybridized carbons (Fsp3) is 0.833. The van der Waals surface area contributed by atoms with Gasteiger partial charge in [0.1, 0.15) is 0 Å². The van der Waals surface area contributed by atoms with Crippen molar-refractivity contribution in [2.45, 2.75) is 31.1 Å². The monoisotopic (exact) mass is 285 g/mol. The van der Waals surface area contributed by atoms with Crippen molar-refractivity contribution in [1.29, 1.82) is 0 Å². The molecule has 0 amide bonds. The second-order valence-corrected chi connectivity index (χ2v) is 7.52. The van der Waals surface area contributed by atoms with Crippen LogP contribution >= 0.6 is 23.5 Å². The Hall–Kier alpha value is -0.200. The van der Waals surface area contributed by atoms with Gasteiger partial charge < -0.3 is 9.84 Å². The molecule has 1 aromatic heterocycles. The van der Waals surface area contributed by atoms with Crippen LogP contribution in [0.25, 0.3) is 0 Å². The number of thioether (sulfide) groups is 2. The zero-order valence-electron chi connectivity index (χ0n) is 10.6. The number of nitrogens with one attached hydrogen (secondary N) is 1. The normalized spacial score (nSPS) is 33.5. The van der Waals surface area contributed by atoms with Gasteiger partial charge in [-0.15, -0.1) is 11.8 Å². The van der Waals surface area contributed by atoms with Gasteiger partial charge in [0.25, 0.3) is 0 Å². The minimum absolute atomic E-state index is 0.260. The molecule has 2 aliphatic rings. The topological polar surface area (TPSA) is 51.0 Å². The molecule has 0 spiro atoms. The zero-order chi connectivity index (χ0) is 12.4. The van der Waals surface area contributed by atoms with Crippen molar-refractivity contribution in [3.63, 3.8) is 0 Å². The molecule has 0 radical (unpaired) electrons. The van der Waals surface area contributed by atoms with E-state index in [0.717, 1.165) is 36.4 Å². The largest absolute Gasteiger partial charge is 0.338 e. The Morgan fingerprint density at radius 3 is 3.11 bits per heavy atom. The van der Waals surface area contributed by atoms with Crippen LogP contribution in [0.3, 0.4) is 0 Å². The van der Waals surface area contributed by atoms with Crippen LogP contribution in [-0.4, -0.2) is 33.9 Å². The Labute approximate surface area is 116 Å². The van der Waals surface area contributed by atoms with Gasteiger partial charge in [-0.05, 0) is 25.3 Å². The van der Waals surface area contributed by atoms with Crippen LogP contribution in [0.2, 0.25) is 0 Å². The second kappa shape index (κ2) is 5.84. The fourth-order valence-corrected chi connectivity index (χ4v) is 5.04. The molecule has 1 N–H and O–H groups in total. The van der Waals surface area contributed by atoms with E-state index in [4.69, 9.17) is 4.52 Å². The summed E-state index contributed by atoms with van der Waals surface area (Å²) in [4.78, 5) is 4.62. The average molecular weight is 285 g/mol. The van der Waals surface area contributed by atoms with Crippen LogP contribution in [-0.2, 0) is 0 Å². The molecule has 2 fully saturated rings. The van der Waals surface area contributed by atoms with Gasteiger partial charge in [0.15, 0.2) is 5.82 Å². The molecule has 3 heterocycles. The number of rotatable bonds is 2. The average Bonchev–Trinajstić information content (AvgIpc) is 2.89. The van der Waals surface area contributed by atoms with Gasteiger partial charge in [0.05, 0.1) is 11.3 Å². The number of hydrogen-bond acceptors (Lipinski definition) is 6. The fourth-order valence-electron chi connectivity index (χ4n) is 2.45. The van der Waals surface area contributed by atoms with Gasteiger partial charge in [0, 0.05) is 17.3 Å². The molecule has 0 aromatic carbocycles. The summed E-state index contributed by atoms with van der Waals surface area (Å²) in [5, 5.41) is 8.07. The van der Waals surface area contributed by atoms with Crippen LogP contribution < -0.4 is 5.32 Å². The van der Waals surface area contributed by atoms with E-state index < -0.39 is 0 Å². The molecular formula is C12H19N3OS2. The number of aromatic nitrogens is 2. The lowest BCUT2D eigenvalue weighted by Crippen LogP contribution is -2.31. The van der Waals surface area contributed by atoms with E-state index in [-0.39, 0.29) is 6.04 Å². The van der Waals surface area contributed by atoms with Crippen LogP contribution in [0.4, 0.5) is 0 Å². The highest BCUT2D eigenvalue weighted by Crippen LogP contribution is 2.36. The van der Waals surface area contributed by atoms with Crippen LogP contribution in [0, 0.1) is 5.92 Å². The molecule has 3 unspecified atom stereocenters. The van der Waals surface area contributed by atoms with Crippen LogP contribution in [0.15, 0.2) is 4.52 Å². The summed E-state index contributed by atoms with van der Waals surface area (Å²) >= 11 is 3.94. The van der Waals surface area contributed by atoms with Gasteiger partial charge in [0.2, 0.25) is 5.89 Å². The van der Waals surface area contributed by atoms with Crippen molar-refractivity contribution in [1.82, 2.24) is 15.5 Å². The first-order valence-corrected chi connectivity index (χ1v) is 8.79. The predicted molar refractivity (Wildman–Crippen MR) is 76.0 cm³/mol. The molecule has 2 aliphatic heterocycles. The Morgan fingerprint density at radius 1 is 1.39 bits per heavy atom. The first-order valence-electron chi connectivity index (χ1n) is 6.59. The summed E-state index contributed by atoms with van der Waals surface area (Å²) in [5.41, 5.74) is 0. The minimum Gasteiger partial charge on any atom is -0.338 e. The van der Waals surface area contributed by atoms with Crippen molar-refractivity contribution in [3.05, 3.63) is 11.7 Å². The van der Waals surface area contributed by atoms with E-state index in [9.17, 15) is 0 Å². The summed E-state index contributed by atoms with van der Waals surface area (Å²) in [7, 11) is 0. The first-order chi connectivity index (χ1) is 8.83. The lowest BCUT2D eigenvalue weighted by Gasteiger charge is -2.25. The van der Waals surface area contributed by atoms with Gasteiger partial charge >= 0.3 is 0 Å². The Bertz CT molecular complexity index is 392. The highest BCUT2D eigenvalue weighted by molar-refractivity contribution is 8.06. The Morgan fingerprint density at radius 2 is 2.33 bits per heavy atom. The first kappa shape index (κ1) is 12.8. The molecule has 0 saturated carbocycles. The molecule has 0 bridgehead atoms. The van der Waals surface area contributed by atoms with Crippen molar-refractivity contribution in [3.8, 4) is 0 Å². The summed E-state index contributed by atoms with van der Waals surface area (Å²) in [6.45, 7) is 3.34. The molecular weight excluding hydrogens is 266 g/mol. The zero-order valence-corrected chi connectivity index (χ0v) is 12.2. The van der Waals surface area contributed by atoms with Crippen molar-refractivity contribution >= 4 is 23.5 Å². The second-order valence-electron chi connectivity index (χ2n) is 5.06. The van der Waals surface area contributed by atoms with Crippen molar-refractivity contribution in [2.24, 2.45) is 5.92 Å². The van der Waals surface area contributed by atoms with E-state index >= 15 is 0 Å². The lowest BCUT2D eigenvalue weighted by molar-refractivity contribution is 0.259. The minimum atomic E-state index is 0.260. The highest BCUT2D eigenvalue weighted by Gasteiger charge is 2.27. The summed E-state index contributed by atoms with van der Waals surface area (Å²) in [6.07, 6.45) is 2.35. The number of hydrogen-bond donors (Lipinski definition) is 1. The Balaban J connectivity index is 1.68. The Kier molecular flexibility index (Phi) is 4.16. The molecule has 18 heavy (non-hydrogen) atoms. The molecule has 0 aliphatic carbocycles. The van der Waals surface area contributed by atoms with E-state index in [1.54, 1.807) is 0 Å². The van der Waals surface area contributed by atoms with Gasteiger partial charge in [-0.25, -0.2) is 0 Å². The van der Waals surface area contributed by atoms with Gasteiger partial charge in [-0.3, -0.25) is 0 Å². The highest BCUT2D eigenvalue weighted by atomic mass is 32.2. The third-order valence-electron chi connectivity index (χ3n) is 3.53. The smallest absolute Gasteiger partial charge is 0.243 e. The maximum Gasteiger partial charge on any atom is 0.243 e. The third kappa shape index (κ3) is 2.86. The van der Waals surface area contributed by atoms with Gasteiger partial charge in [-0.1, -0.05) is 12.1 Å². The quantitative estimate of drug-likeness (QED) is 0.901. The SMILES string of the molecule is CC1CCNC(c2nc(C3CSCCS3)no2)C1. The predicted octanol–water partition coefficient (Wildman–Crippen LogP) is 2.65. The molecule has 100 valence electrons. The summed E-state index contributed by atoms with van der Waals surface area (Å²) in [5.74, 6) is 5.96. The van der Waals surface area contributed by atoms with Crippen molar-refractivity contribution in [2.75, 3.05) is 23.8 Å². The van der Waals surface area contributed by atoms with E-state index in [1.807, 2.05) is 23.5 Å². The third-order valence-corrected chi connectivity index (χ3v) is 6.28. The maximum atomic E-state index is 5.46. The molecule has 6 heteroatoms. The molecule has 1 aromatic rings. The van der Waals surface area contributed by atoms with Crippen molar-refractivity contribution < 1.29 is 4.52 Å². The van der Waals surface area contributed by atoms with Gasteiger partial charge in [-0.2, -0.15) is 16.7 Å². The molecule has 3 atom stereocenters. The van der Waals surface area contributed by atoms with E-state index in [2.05, 4.69) is 22.4 Å². The number of nitrogens with zero attached hydrogens (tertiary/aromatic N) is 2. The van der Waals surface area contributed by atoms with Crippen LogP contribution in [0.1, 0.15) is 42.8 Å². The molecule has 4 nitrogen and oxygen atoms in total. The standard InChI is InChI=1S/C12H19N3OS2/c1-8-2-3-13-9(6-8)12-14-11(15-16-12)10-7-17-4-5-18-10/h8-10,13H,2-7H2,1H3.